The maximum absolute atomic E-state index is 12.6. The van der Waals surface area contributed by atoms with E-state index < -0.39 is 11.7 Å². The fraction of sp³-hybridized carbons (Fsp3) is 0.588. The van der Waals surface area contributed by atoms with Crippen molar-refractivity contribution in [3.05, 3.63) is 29.8 Å². The third-order valence-corrected chi connectivity index (χ3v) is 4.05. The van der Waals surface area contributed by atoms with Crippen LogP contribution in [0.25, 0.3) is 0 Å². The first-order valence-corrected chi connectivity index (χ1v) is 8.09. The van der Waals surface area contributed by atoms with Gasteiger partial charge in [0.15, 0.2) is 0 Å². The molecule has 0 radical (unpaired) electrons. The molecule has 1 aromatic carbocycles. The molecule has 25 heavy (non-hydrogen) atoms. The van der Waals surface area contributed by atoms with Gasteiger partial charge in [-0.3, -0.25) is 9.69 Å². The number of rotatable bonds is 6. The van der Waals surface area contributed by atoms with E-state index >= 15 is 0 Å². The molecule has 0 N–H and O–H groups in total. The second-order valence-corrected chi connectivity index (χ2v) is 5.74. The Bertz CT molecular complexity index is 546. The molecule has 1 saturated heterocycles. The number of benzene rings is 1. The van der Waals surface area contributed by atoms with Gasteiger partial charge in [0.25, 0.3) is 0 Å². The summed E-state index contributed by atoms with van der Waals surface area (Å²) in [4.78, 5) is 13.8. The maximum atomic E-state index is 12.6. The zero-order chi connectivity index (χ0) is 17.6. The van der Waals surface area contributed by atoms with Crippen LogP contribution in [0.2, 0.25) is 0 Å². The molecule has 0 bridgehead atoms. The van der Waals surface area contributed by atoms with E-state index in [1.54, 1.807) is 6.92 Å². The van der Waals surface area contributed by atoms with Gasteiger partial charge in [-0.05, 0) is 51.1 Å². The molecule has 1 aliphatic rings. The first kappa shape index (κ1) is 21.6. The summed E-state index contributed by atoms with van der Waals surface area (Å²) in [5, 5.41) is 0. The highest BCUT2D eigenvalue weighted by molar-refractivity contribution is 5.85. The van der Waals surface area contributed by atoms with Gasteiger partial charge in [0.2, 0.25) is 0 Å². The van der Waals surface area contributed by atoms with Crippen LogP contribution in [0.3, 0.4) is 0 Å². The van der Waals surface area contributed by atoms with E-state index in [2.05, 4.69) is 4.90 Å². The van der Waals surface area contributed by atoms with Crippen molar-refractivity contribution in [2.24, 2.45) is 5.92 Å². The van der Waals surface area contributed by atoms with Crippen molar-refractivity contribution in [1.29, 1.82) is 0 Å². The summed E-state index contributed by atoms with van der Waals surface area (Å²) in [5.74, 6) is 0.0224. The number of halogens is 4. The highest BCUT2D eigenvalue weighted by Crippen LogP contribution is 2.31. The molecular formula is C17H23ClF3NO3. The highest BCUT2D eigenvalue weighted by Gasteiger charge is 2.30. The second-order valence-electron chi connectivity index (χ2n) is 5.74. The average molecular weight is 382 g/mol. The van der Waals surface area contributed by atoms with E-state index in [-0.39, 0.29) is 30.0 Å². The summed E-state index contributed by atoms with van der Waals surface area (Å²) in [7, 11) is 0. The van der Waals surface area contributed by atoms with Gasteiger partial charge in [-0.2, -0.15) is 13.2 Å². The largest absolute Gasteiger partial charge is 0.492 e. The molecule has 0 amide bonds. The van der Waals surface area contributed by atoms with Gasteiger partial charge in [-0.25, -0.2) is 0 Å². The van der Waals surface area contributed by atoms with Crippen LogP contribution in [-0.2, 0) is 15.7 Å². The first-order valence-electron chi connectivity index (χ1n) is 8.09. The number of nitrogens with zero attached hydrogens (tertiary/aromatic N) is 1. The summed E-state index contributed by atoms with van der Waals surface area (Å²) >= 11 is 0. The van der Waals surface area contributed by atoms with Crippen molar-refractivity contribution in [2.45, 2.75) is 25.9 Å². The molecule has 4 nitrogen and oxygen atoms in total. The Morgan fingerprint density at radius 3 is 2.56 bits per heavy atom. The minimum Gasteiger partial charge on any atom is -0.492 e. The molecular weight excluding hydrogens is 359 g/mol. The smallest absolute Gasteiger partial charge is 0.416 e. The van der Waals surface area contributed by atoms with Crippen molar-refractivity contribution in [2.75, 3.05) is 32.8 Å². The Balaban J connectivity index is 0.00000312. The molecule has 0 unspecified atom stereocenters. The van der Waals surface area contributed by atoms with E-state index in [4.69, 9.17) is 9.47 Å². The summed E-state index contributed by atoms with van der Waals surface area (Å²) in [6.45, 7) is 4.63. The number of ether oxygens (including phenoxy) is 2. The Hall–Kier alpha value is -1.47. The lowest BCUT2D eigenvalue weighted by atomic mass is 9.97. The fourth-order valence-corrected chi connectivity index (χ4v) is 2.71. The van der Waals surface area contributed by atoms with Gasteiger partial charge in [-0.1, -0.05) is 6.07 Å². The van der Waals surface area contributed by atoms with Crippen LogP contribution in [0, 0.1) is 5.92 Å². The molecule has 0 aliphatic carbocycles. The topological polar surface area (TPSA) is 38.8 Å². The highest BCUT2D eigenvalue weighted by atomic mass is 35.5. The quantitative estimate of drug-likeness (QED) is 0.703. The first-order chi connectivity index (χ1) is 11.4. The summed E-state index contributed by atoms with van der Waals surface area (Å²) in [6, 6.07) is 4.88. The molecule has 142 valence electrons. The second kappa shape index (κ2) is 9.87. The number of carbonyl (C=O) groups excluding carboxylic acids is 1. The van der Waals surface area contributed by atoms with Crippen molar-refractivity contribution in [3.8, 4) is 5.75 Å². The van der Waals surface area contributed by atoms with Crippen LogP contribution >= 0.6 is 12.4 Å². The van der Waals surface area contributed by atoms with Crippen LogP contribution in [0.1, 0.15) is 25.3 Å². The van der Waals surface area contributed by atoms with Gasteiger partial charge in [0.1, 0.15) is 12.4 Å². The minimum absolute atomic E-state index is 0. The number of likely N-dealkylation sites (tertiary alicyclic amines) is 1. The Kier molecular flexibility index (Phi) is 8.52. The van der Waals surface area contributed by atoms with Gasteiger partial charge in [0.05, 0.1) is 18.1 Å². The molecule has 0 atom stereocenters. The summed E-state index contributed by atoms with van der Waals surface area (Å²) in [6.07, 6.45) is -2.89. The van der Waals surface area contributed by atoms with Crippen molar-refractivity contribution < 1.29 is 27.4 Å². The molecule has 0 aromatic heterocycles. The predicted octanol–water partition coefficient (Wildman–Crippen LogP) is 3.78. The van der Waals surface area contributed by atoms with E-state index in [0.29, 0.717) is 19.8 Å². The number of alkyl halides is 3. The average Bonchev–Trinajstić information content (AvgIpc) is 2.55. The van der Waals surface area contributed by atoms with Gasteiger partial charge >= 0.3 is 12.1 Å². The monoisotopic (exact) mass is 381 g/mol. The van der Waals surface area contributed by atoms with Crippen LogP contribution in [0.5, 0.6) is 5.75 Å². The Morgan fingerprint density at radius 2 is 1.96 bits per heavy atom. The van der Waals surface area contributed by atoms with E-state index in [9.17, 15) is 18.0 Å². The lowest BCUT2D eigenvalue weighted by molar-refractivity contribution is -0.149. The predicted molar refractivity (Wildman–Crippen MR) is 90.0 cm³/mol. The zero-order valence-electron chi connectivity index (χ0n) is 14.1. The number of esters is 1. The van der Waals surface area contributed by atoms with Crippen LogP contribution in [-0.4, -0.2) is 43.7 Å². The van der Waals surface area contributed by atoms with Gasteiger partial charge in [0, 0.05) is 6.54 Å². The van der Waals surface area contributed by atoms with Crippen molar-refractivity contribution in [3.63, 3.8) is 0 Å². The lowest BCUT2D eigenvalue weighted by Gasteiger charge is -2.30. The summed E-state index contributed by atoms with van der Waals surface area (Å²) in [5.41, 5.74) is -0.713. The number of hydrogen-bond donors (Lipinski definition) is 0. The van der Waals surface area contributed by atoms with Gasteiger partial charge in [-0.15, -0.1) is 12.4 Å². The molecule has 0 saturated carbocycles. The molecule has 1 fully saturated rings. The van der Waals surface area contributed by atoms with Crippen LogP contribution in [0.15, 0.2) is 24.3 Å². The Morgan fingerprint density at radius 1 is 1.28 bits per heavy atom. The number of hydrogen-bond acceptors (Lipinski definition) is 4. The van der Waals surface area contributed by atoms with Crippen LogP contribution in [0.4, 0.5) is 13.2 Å². The van der Waals surface area contributed by atoms with Gasteiger partial charge < -0.3 is 9.47 Å². The standard InChI is InChI=1S/C17H22F3NO3.ClH/c1-2-23-16(22)13-6-8-21(9-7-13)10-11-24-15-5-3-4-14(12-15)17(18,19)20;/h3-5,12-13H,2,6-11H2,1H3;1H. The molecule has 1 heterocycles. The van der Waals surface area contributed by atoms with E-state index in [0.717, 1.165) is 38.1 Å². The molecule has 8 heteroatoms. The molecule has 1 aliphatic heterocycles. The third-order valence-electron chi connectivity index (χ3n) is 4.05. The maximum Gasteiger partial charge on any atom is 0.416 e. The number of carbonyl (C=O) groups is 1. The third kappa shape index (κ3) is 6.74. The molecule has 0 spiro atoms. The van der Waals surface area contributed by atoms with E-state index in [1.807, 2.05) is 0 Å². The lowest BCUT2D eigenvalue weighted by Crippen LogP contribution is -2.39. The van der Waals surface area contributed by atoms with Crippen molar-refractivity contribution >= 4 is 18.4 Å². The SMILES string of the molecule is CCOC(=O)C1CCN(CCOc2cccc(C(F)(F)F)c2)CC1.Cl. The fourth-order valence-electron chi connectivity index (χ4n) is 2.71. The normalized spacial score (nSPS) is 16.2. The Labute approximate surface area is 151 Å². The zero-order valence-corrected chi connectivity index (χ0v) is 14.9. The molecule has 2 rings (SSSR count). The number of piperidine rings is 1. The van der Waals surface area contributed by atoms with Crippen LogP contribution < -0.4 is 4.74 Å². The summed E-state index contributed by atoms with van der Waals surface area (Å²) < 4.78 is 48.4. The van der Waals surface area contributed by atoms with Crippen molar-refractivity contribution in [1.82, 2.24) is 4.90 Å². The van der Waals surface area contributed by atoms with E-state index in [1.165, 1.54) is 12.1 Å². The molecule has 1 aromatic rings. The minimum atomic E-state index is -4.37.